The third-order valence-electron chi connectivity index (χ3n) is 3.42. The van der Waals surface area contributed by atoms with Crippen LogP contribution in [-0.4, -0.2) is 16.5 Å². The molecule has 1 amide bonds. The normalized spacial score (nSPS) is 11.2. The molecule has 2 aromatic carbocycles. The van der Waals surface area contributed by atoms with E-state index in [-0.39, 0.29) is 11.3 Å². The number of aryl methyl sites for hydroxylation is 2. The van der Waals surface area contributed by atoms with Crippen LogP contribution in [0.25, 0.3) is 0 Å². The first-order chi connectivity index (χ1) is 10.9. The number of nitrogens with one attached hydrogen (secondary N) is 1. The molecule has 0 spiro atoms. The molecule has 6 nitrogen and oxygen atoms in total. The first-order valence-electron chi connectivity index (χ1n) is 7.05. The maximum atomic E-state index is 12.1. The van der Waals surface area contributed by atoms with Crippen LogP contribution < -0.4 is 5.43 Å². The lowest BCUT2D eigenvalue weighted by Crippen LogP contribution is -2.19. The van der Waals surface area contributed by atoms with Crippen LogP contribution in [0.3, 0.4) is 0 Å². The highest BCUT2D eigenvalue weighted by Crippen LogP contribution is 2.14. The van der Waals surface area contributed by atoms with Crippen LogP contribution in [0.15, 0.2) is 47.6 Å². The maximum absolute atomic E-state index is 12.1. The highest BCUT2D eigenvalue weighted by Gasteiger charge is 2.11. The van der Waals surface area contributed by atoms with E-state index in [0.29, 0.717) is 5.71 Å². The molecule has 0 radical (unpaired) electrons. The molecule has 0 bridgehead atoms. The number of carbonyl (C=O) groups excluding carboxylic acids is 1. The predicted octanol–water partition coefficient (Wildman–Crippen LogP) is 3.37. The van der Waals surface area contributed by atoms with Crippen LogP contribution in [-0.2, 0) is 0 Å². The van der Waals surface area contributed by atoms with E-state index in [2.05, 4.69) is 10.5 Å². The summed E-state index contributed by atoms with van der Waals surface area (Å²) in [5, 5.41) is 14.8. The Hall–Kier alpha value is -3.02. The third-order valence-corrected chi connectivity index (χ3v) is 3.42. The minimum Gasteiger partial charge on any atom is -0.267 e. The zero-order chi connectivity index (χ0) is 17.0. The largest absolute Gasteiger partial charge is 0.271 e. The van der Waals surface area contributed by atoms with Gasteiger partial charge in [-0.2, -0.15) is 5.10 Å². The van der Waals surface area contributed by atoms with Gasteiger partial charge in [-0.3, -0.25) is 14.9 Å². The smallest absolute Gasteiger partial charge is 0.267 e. The van der Waals surface area contributed by atoms with Crippen LogP contribution in [0.5, 0.6) is 0 Å². The van der Waals surface area contributed by atoms with Crippen molar-refractivity contribution in [3.8, 4) is 0 Å². The number of hydrazone groups is 1. The van der Waals surface area contributed by atoms with Gasteiger partial charge < -0.3 is 0 Å². The van der Waals surface area contributed by atoms with E-state index >= 15 is 0 Å². The van der Waals surface area contributed by atoms with Crippen LogP contribution in [0.2, 0.25) is 0 Å². The zero-order valence-electron chi connectivity index (χ0n) is 13.2. The van der Waals surface area contributed by atoms with Gasteiger partial charge in [0.05, 0.1) is 10.6 Å². The second-order valence-corrected chi connectivity index (χ2v) is 5.26. The molecule has 0 saturated heterocycles. The number of hydrogen-bond acceptors (Lipinski definition) is 4. The molecule has 6 heteroatoms. The van der Waals surface area contributed by atoms with Gasteiger partial charge in [0.2, 0.25) is 0 Å². The molecule has 0 fully saturated rings. The molecular formula is C17H17N3O3. The quantitative estimate of drug-likeness (QED) is 0.533. The van der Waals surface area contributed by atoms with Crippen LogP contribution >= 0.6 is 0 Å². The predicted molar refractivity (Wildman–Crippen MR) is 88.7 cm³/mol. The lowest BCUT2D eigenvalue weighted by Gasteiger charge is -2.07. The number of nitro groups is 1. The molecule has 0 aliphatic carbocycles. The van der Waals surface area contributed by atoms with E-state index in [1.807, 2.05) is 32.0 Å². The molecule has 0 unspecified atom stereocenters. The van der Waals surface area contributed by atoms with Gasteiger partial charge in [-0.05, 0) is 32.4 Å². The highest BCUT2D eigenvalue weighted by atomic mass is 16.6. The van der Waals surface area contributed by atoms with Gasteiger partial charge >= 0.3 is 0 Å². The standard InChI is InChI=1S/C17H17N3O3/c1-11-7-8-16(12(2)9-11)13(3)18-19-17(21)14-5-4-6-15(10-14)20(22)23/h4-10H,1-3H3,(H,19,21)/b18-13-. The monoisotopic (exact) mass is 311 g/mol. The number of non-ortho nitro benzene ring substituents is 1. The summed E-state index contributed by atoms with van der Waals surface area (Å²) in [7, 11) is 0. The van der Waals surface area contributed by atoms with E-state index in [0.717, 1.165) is 16.7 Å². The number of benzene rings is 2. The van der Waals surface area contributed by atoms with Crippen LogP contribution in [0.4, 0.5) is 5.69 Å². The molecule has 0 aliphatic heterocycles. The summed E-state index contributed by atoms with van der Waals surface area (Å²) in [4.78, 5) is 22.3. The summed E-state index contributed by atoms with van der Waals surface area (Å²) >= 11 is 0. The topological polar surface area (TPSA) is 84.6 Å². The number of nitrogens with zero attached hydrogens (tertiary/aromatic N) is 2. The number of hydrogen-bond donors (Lipinski definition) is 1. The van der Waals surface area contributed by atoms with Gasteiger partial charge in [-0.15, -0.1) is 0 Å². The van der Waals surface area contributed by atoms with Crippen molar-refractivity contribution in [2.75, 3.05) is 0 Å². The fourth-order valence-electron chi connectivity index (χ4n) is 2.24. The molecule has 0 atom stereocenters. The summed E-state index contributed by atoms with van der Waals surface area (Å²) in [6, 6.07) is 11.5. The van der Waals surface area contributed by atoms with Crippen LogP contribution in [0.1, 0.15) is 34.0 Å². The lowest BCUT2D eigenvalue weighted by atomic mass is 10.0. The first kappa shape index (κ1) is 16.4. The number of rotatable bonds is 4. The molecular weight excluding hydrogens is 294 g/mol. The Morgan fingerprint density at radius 1 is 1.17 bits per heavy atom. The fourth-order valence-corrected chi connectivity index (χ4v) is 2.24. The Balaban J connectivity index is 2.17. The summed E-state index contributed by atoms with van der Waals surface area (Å²) in [6.45, 7) is 5.78. The Morgan fingerprint density at radius 3 is 2.57 bits per heavy atom. The van der Waals surface area contributed by atoms with Gasteiger partial charge in [-0.1, -0.05) is 29.8 Å². The van der Waals surface area contributed by atoms with E-state index in [9.17, 15) is 14.9 Å². The Bertz CT molecular complexity index is 797. The van der Waals surface area contributed by atoms with Gasteiger partial charge in [0.25, 0.3) is 11.6 Å². The number of amides is 1. The van der Waals surface area contributed by atoms with Gasteiger partial charge in [0.1, 0.15) is 0 Å². The van der Waals surface area contributed by atoms with Gasteiger partial charge in [0.15, 0.2) is 0 Å². The van der Waals surface area contributed by atoms with Crippen molar-refractivity contribution < 1.29 is 9.72 Å². The summed E-state index contributed by atoms with van der Waals surface area (Å²) in [6.07, 6.45) is 0. The van der Waals surface area contributed by atoms with Crippen molar-refractivity contribution in [2.24, 2.45) is 5.10 Å². The molecule has 0 heterocycles. The zero-order valence-corrected chi connectivity index (χ0v) is 13.2. The number of nitro benzene ring substituents is 1. The minimum atomic E-state index is -0.541. The van der Waals surface area contributed by atoms with Crippen molar-refractivity contribution in [3.63, 3.8) is 0 Å². The van der Waals surface area contributed by atoms with E-state index in [1.54, 1.807) is 6.92 Å². The van der Waals surface area contributed by atoms with Crippen molar-refractivity contribution in [1.82, 2.24) is 5.43 Å². The van der Waals surface area contributed by atoms with Crippen molar-refractivity contribution in [2.45, 2.75) is 20.8 Å². The molecule has 118 valence electrons. The average Bonchev–Trinajstić information content (AvgIpc) is 2.52. The van der Waals surface area contributed by atoms with E-state index in [1.165, 1.54) is 24.3 Å². The average molecular weight is 311 g/mol. The minimum absolute atomic E-state index is 0.132. The van der Waals surface area contributed by atoms with Gasteiger partial charge in [-0.25, -0.2) is 5.43 Å². The van der Waals surface area contributed by atoms with Crippen molar-refractivity contribution >= 4 is 17.3 Å². The van der Waals surface area contributed by atoms with Crippen molar-refractivity contribution in [3.05, 3.63) is 74.8 Å². The summed E-state index contributed by atoms with van der Waals surface area (Å²) < 4.78 is 0. The molecule has 2 rings (SSSR count). The number of carbonyl (C=O) groups is 1. The Morgan fingerprint density at radius 2 is 1.91 bits per heavy atom. The molecule has 0 aromatic heterocycles. The second-order valence-electron chi connectivity index (χ2n) is 5.26. The van der Waals surface area contributed by atoms with Crippen LogP contribution in [0, 0.1) is 24.0 Å². The Kier molecular flexibility index (Phi) is 4.85. The molecule has 2 aromatic rings. The summed E-state index contributed by atoms with van der Waals surface area (Å²) in [5.74, 6) is -0.488. The second kappa shape index (κ2) is 6.83. The van der Waals surface area contributed by atoms with E-state index in [4.69, 9.17) is 0 Å². The van der Waals surface area contributed by atoms with E-state index < -0.39 is 10.8 Å². The SMILES string of the molecule is C/C(=N/NC(=O)c1cccc([N+](=O)[O-])c1)c1ccc(C)cc1C. The molecule has 23 heavy (non-hydrogen) atoms. The van der Waals surface area contributed by atoms with Crippen molar-refractivity contribution in [1.29, 1.82) is 0 Å². The Labute approximate surface area is 134 Å². The molecule has 1 N–H and O–H groups in total. The molecule has 0 saturated carbocycles. The lowest BCUT2D eigenvalue weighted by molar-refractivity contribution is -0.384. The van der Waals surface area contributed by atoms with Gasteiger partial charge in [0, 0.05) is 23.3 Å². The molecule has 0 aliphatic rings. The maximum Gasteiger partial charge on any atom is 0.271 e. The first-order valence-corrected chi connectivity index (χ1v) is 7.05. The fraction of sp³-hybridized carbons (Fsp3) is 0.176. The summed E-state index contributed by atoms with van der Waals surface area (Å²) in [5.41, 5.74) is 6.32. The highest BCUT2D eigenvalue weighted by molar-refractivity contribution is 6.01. The third kappa shape index (κ3) is 4.00.